The van der Waals surface area contributed by atoms with Gasteiger partial charge in [-0.2, -0.15) is 0 Å². The smallest absolute Gasteiger partial charge is 0.262 e. The van der Waals surface area contributed by atoms with Crippen LogP contribution in [0.25, 0.3) is 16.7 Å². The lowest BCUT2D eigenvalue weighted by Gasteiger charge is -2.11. The van der Waals surface area contributed by atoms with Crippen LogP contribution in [0.2, 0.25) is 10.3 Å². The quantitative estimate of drug-likeness (QED) is 0.218. The van der Waals surface area contributed by atoms with Crippen LogP contribution < -0.4 is 5.56 Å². The molecule has 0 atom stereocenters. The van der Waals surface area contributed by atoms with Gasteiger partial charge in [0, 0.05) is 25.5 Å². The lowest BCUT2D eigenvalue weighted by atomic mass is 10.2. The molecule has 0 N–H and O–H groups in total. The molecule has 156 valence electrons. The van der Waals surface area contributed by atoms with E-state index in [1.807, 2.05) is 35.6 Å². The number of hydrogen-bond donors (Lipinski definition) is 0. The number of hydrogen-bond acceptors (Lipinski definition) is 6. The van der Waals surface area contributed by atoms with E-state index in [0.717, 1.165) is 11.1 Å². The summed E-state index contributed by atoms with van der Waals surface area (Å²) in [6.07, 6.45) is 0.713. The maximum absolute atomic E-state index is 13.1. The number of nitrogens with zero attached hydrogens (tertiary/aromatic N) is 5. The maximum atomic E-state index is 13.1. The Morgan fingerprint density at radius 3 is 2.67 bits per heavy atom. The first-order valence-corrected chi connectivity index (χ1v) is 11.2. The number of ether oxygens (including phenoxy) is 1. The number of fused-ring (bicyclic) bond motifs is 3. The van der Waals surface area contributed by atoms with Gasteiger partial charge in [-0.3, -0.25) is 13.8 Å². The van der Waals surface area contributed by atoms with E-state index in [1.54, 1.807) is 16.7 Å². The van der Waals surface area contributed by atoms with E-state index in [-0.39, 0.29) is 5.56 Å². The first-order valence-electron chi connectivity index (χ1n) is 9.47. The van der Waals surface area contributed by atoms with Crippen molar-refractivity contribution in [1.29, 1.82) is 0 Å². The average molecular weight is 464 g/mol. The molecule has 0 aliphatic heterocycles. The zero-order chi connectivity index (χ0) is 21.1. The Morgan fingerprint density at radius 1 is 1.13 bits per heavy atom. The van der Waals surface area contributed by atoms with Crippen molar-refractivity contribution in [2.24, 2.45) is 0 Å². The minimum atomic E-state index is -0.0776. The van der Waals surface area contributed by atoms with Gasteiger partial charge >= 0.3 is 0 Å². The highest BCUT2D eigenvalue weighted by Crippen LogP contribution is 2.26. The standard InChI is InChI=1S/C20H19Cl2N5O2S/c1-2-29-9-5-8-26-18(28)14-6-3-4-7-15(14)27-19(26)24-25-20(27)30-12-13-10-16(21)23-17(22)11-13/h3-4,6-7,10-11H,2,5,8-9,12H2,1H3. The number of rotatable bonds is 8. The van der Waals surface area contributed by atoms with Gasteiger partial charge in [0.05, 0.1) is 10.9 Å². The van der Waals surface area contributed by atoms with E-state index >= 15 is 0 Å². The number of benzene rings is 1. The Morgan fingerprint density at radius 2 is 1.90 bits per heavy atom. The fourth-order valence-corrected chi connectivity index (χ4v) is 4.62. The van der Waals surface area contributed by atoms with Gasteiger partial charge in [-0.1, -0.05) is 47.1 Å². The van der Waals surface area contributed by atoms with Crippen molar-refractivity contribution in [2.75, 3.05) is 13.2 Å². The monoisotopic (exact) mass is 463 g/mol. The van der Waals surface area contributed by atoms with Crippen molar-refractivity contribution in [3.05, 3.63) is 62.6 Å². The molecule has 4 rings (SSSR count). The summed E-state index contributed by atoms with van der Waals surface area (Å²) in [5, 5.41) is 10.7. The Bertz CT molecular complexity index is 1240. The van der Waals surface area contributed by atoms with Crippen LogP contribution >= 0.6 is 35.0 Å². The van der Waals surface area contributed by atoms with Gasteiger partial charge in [-0.25, -0.2) is 4.98 Å². The molecule has 7 nitrogen and oxygen atoms in total. The SMILES string of the molecule is CCOCCCn1c(=O)c2ccccc2n2c(SCc3cc(Cl)nc(Cl)c3)nnc12. The number of aryl methyl sites for hydroxylation is 1. The van der Waals surface area contributed by atoms with Gasteiger partial charge in [0.2, 0.25) is 5.78 Å². The van der Waals surface area contributed by atoms with Crippen LogP contribution in [0.5, 0.6) is 0 Å². The summed E-state index contributed by atoms with van der Waals surface area (Å²) in [5.74, 6) is 1.10. The second-order valence-electron chi connectivity index (χ2n) is 6.55. The molecule has 0 spiro atoms. The van der Waals surface area contributed by atoms with Crippen LogP contribution in [0.3, 0.4) is 0 Å². The fourth-order valence-electron chi connectivity index (χ4n) is 3.24. The van der Waals surface area contributed by atoms with E-state index in [4.69, 9.17) is 27.9 Å². The Labute approximate surface area is 187 Å². The molecule has 4 aromatic rings. The molecule has 0 aliphatic rings. The van der Waals surface area contributed by atoms with Crippen LogP contribution in [0.1, 0.15) is 18.9 Å². The van der Waals surface area contributed by atoms with E-state index in [2.05, 4.69) is 15.2 Å². The Hall–Kier alpha value is -2.13. The number of para-hydroxylation sites is 1. The third kappa shape index (κ3) is 4.32. The van der Waals surface area contributed by atoms with E-state index < -0.39 is 0 Å². The number of thioether (sulfide) groups is 1. The van der Waals surface area contributed by atoms with E-state index in [1.165, 1.54) is 11.8 Å². The molecule has 10 heteroatoms. The molecule has 0 amide bonds. The van der Waals surface area contributed by atoms with Gasteiger partial charge in [0.25, 0.3) is 5.56 Å². The van der Waals surface area contributed by atoms with Crippen molar-refractivity contribution < 1.29 is 4.74 Å². The second kappa shape index (κ2) is 9.34. The third-order valence-electron chi connectivity index (χ3n) is 4.54. The summed E-state index contributed by atoms with van der Waals surface area (Å²) in [6, 6.07) is 11.0. The van der Waals surface area contributed by atoms with Crippen LogP contribution in [-0.4, -0.2) is 37.4 Å². The highest BCUT2D eigenvalue weighted by molar-refractivity contribution is 7.98. The second-order valence-corrected chi connectivity index (χ2v) is 8.27. The predicted molar refractivity (Wildman–Crippen MR) is 120 cm³/mol. The normalized spacial score (nSPS) is 11.6. The fraction of sp³-hybridized carbons (Fsp3) is 0.300. The van der Waals surface area contributed by atoms with Crippen LogP contribution in [0.15, 0.2) is 46.3 Å². The van der Waals surface area contributed by atoms with Gasteiger partial charge in [0.15, 0.2) is 5.16 Å². The van der Waals surface area contributed by atoms with Gasteiger partial charge in [-0.15, -0.1) is 10.2 Å². The van der Waals surface area contributed by atoms with Crippen LogP contribution in [-0.2, 0) is 17.0 Å². The average Bonchev–Trinajstić information content (AvgIpc) is 3.15. The Kier molecular flexibility index (Phi) is 6.58. The first-order chi connectivity index (χ1) is 14.6. The number of aromatic nitrogens is 5. The zero-order valence-electron chi connectivity index (χ0n) is 16.2. The minimum Gasteiger partial charge on any atom is -0.382 e. The van der Waals surface area contributed by atoms with Crippen molar-refractivity contribution in [1.82, 2.24) is 24.1 Å². The summed E-state index contributed by atoms with van der Waals surface area (Å²) in [5.41, 5.74) is 1.62. The molecule has 0 saturated heterocycles. The summed E-state index contributed by atoms with van der Waals surface area (Å²) in [6.45, 7) is 3.69. The van der Waals surface area contributed by atoms with E-state index in [0.29, 0.717) is 58.6 Å². The molecule has 0 fully saturated rings. The maximum Gasteiger partial charge on any atom is 0.262 e. The predicted octanol–water partition coefficient (Wildman–Crippen LogP) is 4.46. The summed E-state index contributed by atoms with van der Waals surface area (Å²) >= 11 is 13.5. The van der Waals surface area contributed by atoms with Gasteiger partial charge in [0.1, 0.15) is 10.3 Å². The van der Waals surface area contributed by atoms with Crippen LogP contribution in [0, 0.1) is 0 Å². The third-order valence-corrected chi connectivity index (χ3v) is 5.93. The summed E-state index contributed by atoms with van der Waals surface area (Å²) < 4.78 is 9.01. The molecule has 0 saturated carbocycles. The molecule has 0 unspecified atom stereocenters. The summed E-state index contributed by atoms with van der Waals surface area (Å²) in [7, 11) is 0. The van der Waals surface area contributed by atoms with Crippen molar-refractivity contribution >= 4 is 51.6 Å². The molecular formula is C20H19Cl2N5O2S. The molecule has 3 heterocycles. The molecule has 0 aliphatic carbocycles. The minimum absolute atomic E-state index is 0.0776. The van der Waals surface area contributed by atoms with E-state index in [9.17, 15) is 4.79 Å². The number of halogens is 2. The largest absolute Gasteiger partial charge is 0.382 e. The molecule has 0 bridgehead atoms. The van der Waals surface area contributed by atoms with Gasteiger partial charge in [-0.05, 0) is 43.2 Å². The first kappa shape index (κ1) is 21.1. The van der Waals surface area contributed by atoms with Crippen LogP contribution in [0.4, 0.5) is 0 Å². The highest BCUT2D eigenvalue weighted by atomic mass is 35.5. The molecule has 0 radical (unpaired) electrons. The molecule has 1 aromatic carbocycles. The lowest BCUT2D eigenvalue weighted by Crippen LogP contribution is -2.24. The van der Waals surface area contributed by atoms with Crippen molar-refractivity contribution in [2.45, 2.75) is 30.8 Å². The molecule has 30 heavy (non-hydrogen) atoms. The molecular weight excluding hydrogens is 445 g/mol. The summed E-state index contributed by atoms with van der Waals surface area (Å²) in [4.78, 5) is 17.0. The highest BCUT2D eigenvalue weighted by Gasteiger charge is 2.17. The van der Waals surface area contributed by atoms with Gasteiger partial charge < -0.3 is 4.74 Å². The topological polar surface area (TPSA) is 74.3 Å². The Balaban J connectivity index is 1.74. The van der Waals surface area contributed by atoms with Crippen molar-refractivity contribution in [3.8, 4) is 0 Å². The number of pyridine rings is 1. The lowest BCUT2D eigenvalue weighted by molar-refractivity contribution is 0.141. The zero-order valence-corrected chi connectivity index (χ0v) is 18.5. The van der Waals surface area contributed by atoms with Crippen molar-refractivity contribution in [3.63, 3.8) is 0 Å². The molecule has 3 aromatic heterocycles.